The highest BCUT2D eigenvalue weighted by Crippen LogP contribution is 2.34. The summed E-state index contributed by atoms with van der Waals surface area (Å²) in [7, 11) is 0. The van der Waals surface area contributed by atoms with Crippen LogP contribution < -0.4 is 5.73 Å². The smallest absolute Gasteiger partial charge is 0.327 e. The second-order valence-electron chi connectivity index (χ2n) is 3.17. The zero-order chi connectivity index (χ0) is 11.5. The molecule has 0 saturated carbocycles. The Kier molecular flexibility index (Phi) is 3.52. The molecule has 0 aliphatic rings. The van der Waals surface area contributed by atoms with Crippen LogP contribution in [0.15, 0.2) is 30.3 Å². The fourth-order valence-corrected chi connectivity index (χ4v) is 1.36. The summed E-state index contributed by atoms with van der Waals surface area (Å²) in [6, 6.07) is 5.48. The Balaban J connectivity index is 3.24. The lowest BCUT2D eigenvalue weighted by molar-refractivity contribution is -0.137. The van der Waals surface area contributed by atoms with Gasteiger partial charge in [-0.2, -0.15) is 13.2 Å². The summed E-state index contributed by atoms with van der Waals surface area (Å²) in [5.41, 5.74) is 5.39. The molecule has 0 heterocycles. The van der Waals surface area contributed by atoms with Crippen LogP contribution in [0.3, 0.4) is 0 Å². The van der Waals surface area contributed by atoms with Crippen molar-refractivity contribution >= 4 is 5.57 Å². The van der Waals surface area contributed by atoms with E-state index in [4.69, 9.17) is 5.73 Å². The molecule has 15 heavy (non-hydrogen) atoms. The molecule has 0 aliphatic heterocycles. The van der Waals surface area contributed by atoms with Gasteiger partial charge in [-0.25, -0.2) is 0 Å². The quantitative estimate of drug-likeness (QED) is 0.806. The number of hydrogen-bond donors (Lipinski definition) is 1. The fourth-order valence-electron chi connectivity index (χ4n) is 1.36. The molecule has 0 spiro atoms. The molecule has 0 fully saturated rings. The van der Waals surface area contributed by atoms with Crippen LogP contribution in [0, 0.1) is 0 Å². The van der Waals surface area contributed by atoms with Gasteiger partial charge in [0.25, 0.3) is 0 Å². The normalized spacial score (nSPS) is 13.0. The summed E-state index contributed by atoms with van der Waals surface area (Å²) in [5.74, 6) is 0. The van der Waals surface area contributed by atoms with Crippen molar-refractivity contribution in [2.24, 2.45) is 5.73 Å². The molecule has 0 unspecified atom stereocenters. The summed E-state index contributed by atoms with van der Waals surface area (Å²) in [5, 5.41) is 0. The lowest BCUT2D eigenvalue weighted by Gasteiger charge is -2.12. The predicted octanol–water partition coefficient (Wildman–Crippen LogP) is 3.07. The molecule has 0 atom stereocenters. The molecule has 1 rings (SSSR count). The van der Waals surface area contributed by atoms with Crippen LogP contribution >= 0.6 is 0 Å². The summed E-state index contributed by atoms with van der Waals surface area (Å²) >= 11 is 0. The number of hydrogen-bond acceptors (Lipinski definition) is 1. The van der Waals surface area contributed by atoms with Crippen molar-refractivity contribution in [1.29, 1.82) is 0 Å². The van der Waals surface area contributed by atoms with E-state index in [1.807, 2.05) is 0 Å². The topological polar surface area (TPSA) is 26.0 Å². The number of alkyl halides is 3. The van der Waals surface area contributed by atoms with E-state index < -0.39 is 11.7 Å². The molecule has 82 valence electrons. The van der Waals surface area contributed by atoms with Crippen LogP contribution in [0.2, 0.25) is 0 Å². The number of allylic oxidation sites excluding steroid dienone is 1. The second-order valence-corrected chi connectivity index (χ2v) is 3.17. The average molecular weight is 215 g/mol. The maximum absolute atomic E-state index is 12.6. The van der Waals surface area contributed by atoms with Crippen LogP contribution in [0.1, 0.15) is 18.1 Å². The third kappa shape index (κ3) is 2.83. The van der Waals surface area contributed by atoms with E-state index in [1.54, 1.807) is 19.1 Å². The molecular weight excluding hydrogens is 203 g/mol. The molecule has 1 aromatic rings. The van der Waals surface area contributed by atoms with E-state index in [-0.39, 0.29) is 12.1 Å². The summed E-state index contributed by atoms with van der Waals surface area (Å²) in [4.78, 5) is 0. The van der Waals surface area contributed by atoms with Gasteiger partial charge in [-0.1, -0.05) is 24.3 Å². The zero-order valence-electron chi connectivity index (χ0n) is 8.31. The van der Waals surface area contributed by atoms with Crippen LogP contribution in [-0.2, 0) is 6.18 Å². The van der Waals surface area contributed by atoms with Gasteiger partial charge < -0.3 is 5.73 Å². The summed E-state index contributed by atoms with van der Waals surface area (Å²) in [6.45, 7) is 1.86. The Morgan fingerprint density at radius 2 is 1.93 bits per heavy atom. The molecule has 0 saturated heterocycles. The van der Waals surface area contributed by atoms with Crippen molar-refractivity contribution in [3.63, 3.8) is 0 Å². The minimum atomic E-state index is -4.32. The first-order valence-corrected chi connectivity index (χ1v) is 4.50. The number of halogens is 3. The molecule has 1 nitrogen and oxygen atoms in total. The van der Waals surface area contributed by atoms with Gasteiger partial charge in [0.05, 0.1) is 5.56 Å². The molecule has 0 aliphatic carbocycles. The lowest BCUT2D eigenvalue weighted by Crippen LogP contribution is -2.08. The summed E-state index contributed by atoms with van der Waals surface area (Å²) < 4.78 is 37.8. The maximum Gasteiger partial charge on any atom is 0.416 e. The van der Waals surface area contributed by atoms with Gasteiger partial charge in [0.15, 0.2) is 0 Å². The molecule has 0 amide bonds. The Bertz CT molecular complexity index is 366. The molecule has 4 heteroatoms. The van der Waals surface area contributed by atoms with E-state index in [2.05, 4.69) is 0 Å². The van der Waals surface area contributed by atoms with Gasteiger partial charge in [-0.3, -0.25) is 0 Å². The largest absolute Gasteiger partial charge is 0.416 e. The second kappa shape index (κ2) is 4.49. The van der Waals surface area contributed by atoms with E-state index in [0.29, 0.717) is 5.57 Å². The first-order valence-electron chi connectivity index (χ1n) is 4.50. The Hall–Kier alpha value is -1.29. The molecule has 0 bridgehead atoms. The van der Waals surface area contributed by atoms with Crippen LogP contribution in [0.5, 0.6) is 0 Å². The average Bonchev–Trinajstić information content (AvgIpc) is 2.17. The van der Waals surface area contributed by atoms with E-state index in [1.165, 1.54) is 12.1 Å². The van der Waals surface area contributed by atoms with Gasteiger partial charge in [-0.05, 0) is 24.1 Å². The third-order valence-corrected chi connectivity index (χ3v) is 2.08. The van der Waals surface area contributed by atoms with Crippen LogP contribution in [0.4, 0.5) is 13.2 Å². The highest BCUT2D eigenvalue weighted by molar-refractivity contribution is 5.67. The third-order valence-electron chi connectivity index (χ3n) is 2.08. The van der Waals surface area contributed by atoms with Crippen molar-refractivity contribution in [2.75, 3.05) is 6.54 Å². The van der Waals surface area contributed by atoms with Crippen LogP contribution in [0.25, 0.3) is 5.57 Å². The van der Waals surface area contributed by atoms with Crippen molar-refractivity contribution in [1.82, 2.24) is 0 Å². The van der Waals surface area contributed by atoms with Crippen molar-refractivity contribution < 1.29 is 13.2 Å². The van der Waals surface area contributed by atoms with E-state index in [0.717, 1.165) is 6.07 Å². The molecule has 2 N–H and O–H groups in total. The Morgan fingerprint density at radius 3 is 2.47 bits per heavy atom. The van der Waals surface area contributed by atoms with Crippen molar-refractivity contribution in [2.45, 2.75) is 13.1 Å². The van der Waals surface area contributed by atoms with E-state index in [9.17, 15) is 13.2 Å². The van der Waals surface area contributed by atoms with E-state index >= 15 is 0 Å². The van der Waals surface area contributed by atoms with Gasteiger partial charge >= 0.3 is 6.18 Å². The van der Waals surface area contributed by atoms with Gasteiger partial charge in [0.2, 0.25) is 0 Å². The van der Waals surface area contributed by atoms with Gasteiger partial charge in [-0.15, -0.1) is 0 Å². The zero-order valence-corrected chi connectivity index (χ0v) is 8.31. The Labute approximate surface area is 86.4 Å². The number of nitrogens with two attached hydrogens (primary N) is 1. The molecule has 0 radical (unpaired) electrons. The highest BCUT2D eigenvalue weighted by Gasteiger charge is 2.32. The minimum absolute atomic E-state index is 0.190. The standard InChI is InChI=1S/C11H12F3N/c1-8(6-7-15)9-4-2-3-5-10(9)11(12,13)14/h2-6H,7,15H2,1H3. The van der Waals surface area contributed by atoms with Gasteiger partial charge in [0, 0.05) is 6.54 Å². The number of benzene rings is 1. The molecule has 0 aromatic heterocycles. The SMILES string of the molecule is CC(=CCN)c1ccccc1C(F)(F)F. The van der Waals surface area contributed by atoms with Crippen molar-refractivity contribution in [3.05, 3.63) is 41.5 Å². The molecule has 1 aromatic carbocycles. The fraction of sp³-hybridized carbons (Fsp3) is 0.273. The first kappa shape index (κ1) is 11.8. The monoisotopic (exact) mass is 215 g/mol. The summed E-state index contributed by atoms with van der Waals surface area (Å²) in [6.07, 6.45) is -2.75. The molecular formula is C11H12F3N. The predicted molar refractivity (Wildman–Crippen MR) is 54.1 cm³/mol. The lowest BCUT2D eigenvalue weighted by atomic mass is 10.0. The number of rotatable bonds is 2. The van der Waals surface area contributed by atoms with Gasteiger partial charge in [0.1, 0.15) is 0 Å². The van der Waals surface area contributed by atoms with Crippen LogP contribution in [-0.4, -0.2) is 6.54 Å². The first-order chi connectivity index (χ1) is 6.96. The Morgan fingerprint density at radius 1 is 1.33 bits per heavy atom. The van der Waals surface area contributed by atoms with Crippen molar-refractivity contribution in [3.8, 4) is 0 Å². The maximum atomic E-state index is 12.6. The highest BCUT2D eigenvalue weighted by atomic mass is 19.4. The minimum Gasteiger partial charge on any atom is -0.327 e.